The van der Waals surface area contributed by atoms with Crippen LogP contribution in [-0.2, 0) is 58.5 Å². The van der Waals surface area contributed by atoms with E-state index in [0.717, 1.165) is 15.8 Å². The average Bonchev–Trinajstić information content (AvgIpc) is 3.75. The van der Waals surface area contributed by atoms with Gasteiger partial charge in [0, 0.05) is 47.8 Å². The predicted molar refractivity (Wildman–Crippen MR) is 296 cm³/mol. The fraction of sp³-hybridized carbons (Fsp3) is 0.261. The van der Waals surface area contributed by atoms with Crippen LogP contribution in [0.15, 0.2) is 132 Å². The Morgan fingerprint density at radius 3 is 1.37 bits per heavy atom. The first-order chi connectivity index (χ1) is 36.5. The van der Waals surface area contributed by atoms with Crippen LogP contribution < -0.4 is 66.2 Å². The fourth-order valence-electron chi connectivity index (χ4n) is 4.55. The second-order valence-corrected chi connectivity index (χ2v) is 23.9. The van der Waals surface area contributed by atoms with Gasteiger partial charge in [0.2, 0.25) is 34.2 Å². The third kappa shape index (κ3) is 39.0. The molecule has 0 bridgehead atoms. The summed E-state index contributed by atoms with van der Waals surface area (Å²) in [6.07, 6.45) is 0.333. The molecule has 5 aromatic rings. The summed E-state index contributed by atoms with van der Waals surface area (Å²) in [6.45, 7) is 14.9. The molecule has 33 heteroatoms. The molecule has 79 heavy (non-hydrogen) atoms. The number of halogens is 2. The summed E-state index contributed by atoms with van der Waals surface area (Å²) in [6, 6.07) is 23.3. The molecule has 0 spiro atoms. The van der Waals surface area contributed by atoms with Crippen LogP contribution in [-0.4, -0.2) is 149 Å². The van der Waals surface area contributed by atoms with E-state index in [2.05, 4.69) is 66.9 Å². The van der Waals surface area contributed by atoms with Crippen molar-refractivity contribution >= 4 is 108 Å². The van der Waals surface area contributed by atoms with Crippen LogP contribution in [0.25, 0.3) is 10.1 Å². The number of sulfone groups is 4. The number of rotatable bonds is 22. The molecule has 0 aliphatic rings. The third-order valence-corrected chi connectivity index (χ3v) is 14.1. The Balaban J connectivity index is 0. The van der Waals surface area contributed by atoms with Gasteiger partial charge in [-0.1, -0.05) is 85.9 Å². The van der Waals surface area contributed by atoms with Gasteiger partial charge in [-0.3, -0.25) is 28.3 Å². The van der Waals surface area contributed by atoms with Crippen LogP contribution in [0, 0.1) is 6.92 Å². The molecular formula is C46H57Cl2N8NaO17S5. The van der Waals surface area contributed by atoms with Crippen molar-refractivity contribution in [2.45, 2.75) is 13.3 Å². The third-order valence-electron chi connectivity index (χ3n) is 8.19. The number of ether oxygens (including phenoxy) is 1. The number of H-pyrrole nitrogens is 1. The maximum absolute atomic E-state index is 11.2. The molecule has 0 saturated heterocycles. The van der Waals surface area contributed by atoms with Crippen LogP contribution in [0.3, 0.4) is 0 Å². The van der Waals surface area contributed by atoms with Crippen molar-refractivity contribution in [2.24, 2.45) is 0 Å². The van der Waals surface area contributed by atoms with Gasteiger partial charge < -0.3 is 41.3 Å². The van der Waals surface area contributed by atoms with E-state index < -0.39 is 92.0 Å². The number of nitrogens with zero attached hydrogens (tertiary/aromatic N) is 3. The number of amides is 4. The van der Waals surface area contributed by atoms with Crippen LogP contribution in [0.4, 0.5) is 0 Å². The second-order valence-electron chi connectivity index (χ2n) is 14.6. The summed E-state index contributed by atoms with van der Waals surface area (Å²) < 4.78 is 97.0. The molecule has 2 aromatic heterocycles. The van der Waals surface area contributed by atoms with E-state index in [-0.39, 0.29) is 78.5 Å². The number of carbonyl (C=O) groups is 4. The van der Waals surface area contributed by atoms with Gasteiger partial charge in [0.25, 0.3) is 5.56 Å². The standard InChI is InChI=1S/C11H18N2O6S2.C10H16N2O6S2.C8H10O2.C7H5NOS.C7H8O.C3HCl2N3O.Na/c1-3-20(16,17)8-10(14)12-6-5-7-13-11(15)9-21(18,19)4-2;1-3-19(15,16)7-9(13)11-5-6-12-10(14)8-20(17,18)4-2;9-6-7-10-8-4-2-1-3-5-8;9-7-5-3-1-2-4-6(5)10-8-7;1-6-2-4-7(8)5-3-6;4-1-6-2(5)8-3(9)7-1;/h3-4H,1-2,5-9H2,(H,12,14)(H,13,15);3-4H,1-2,5-8H2,(H,11,13)(H,12,14);1-5,9H,6-7H2;1-4H,(H,8,9);2-5,8H,1H3;(H,6,7,8,9);/q;;;;;;+1/p-1. The number of fused-ring (bicyclic) bond motifs is 1. The number of carbonyl (C=O) groups excluding carboxylic acids is 4. The van der Waals surface area contributed by atoms with E-state index in [1.54, 1.807) is 12.1 Å². The SMILES string of the molecule is C=CS(=O)(=O)CC(=O)NCCCNC(=O)CS(=O)(=O)C=C.C=CS(=O)(=O)CC(=O)NCCNC(=O)CS(=O)(=O)C=C.Cc1ccc(O)cc1.O=c1[nH]sc2ccccc12.OCCOc1ccccc1.[Na+].[O-]c1nc(Cl)nc(Cl)n1. The molecule has 0 unspecified atom stereocenters. The Labute approximate surface area is 493 Å². The Kier molecular flexibility index (Phi) is 38.1. The van der Waals surface area contributed by atoms with Crippen LogP contribution in [0.2, 0.25) is 10.6 Å². The smallest absolute Gasteiger partial charge is 0.844 e. The van der Waals surface area contributed by atoms with Gasteiger partial charge in [0.1, 0.15) is 41.1 Å². The number of hydrogen-bond acceptors (Lipinski definition) is 21. The first-order valence-corrected chi connectivity index (χ1v) is 30.3. The zero-order chi connectivity index (χ0) is 59.4. The predicted octanol–water partition coefficient (Wildman–Crippen LogP) is -1.34. The number of phenolic OH excluding ortho intramolecular Hbond substituents is 1. The number of aromatic nitrogens is 4. The number of para-hydroxylation sites is 1. The van der Waals surface area contributed by atoms with Gasteiger partial charge in [0.05, 0.1) is 22.7 Å². The number of aryl methyl sites for hydroxylation is 1. The van der Waals surface area contributed by atoms with Crippen molar-refractivity contribution in [1.82, 2.24) is 40.6 Å². The number of phenols is 1. The molecule has 25 nitrogen and oxygen atoms in total. The zero-order valence-corrected chi connectivity index (χ0v) is 50.2. The molecule has 0 atom stereocenters. The van der Waals surface area contributed by atoms with Crippen molar-refractivity contribution in [3.8, 4) is 17.5 Å². The molecule has 0 aliphatic carbocycles. The molecule has 428 valence electrons. The van der Waals surface area contributed by atoms with Crippen LogP contribution in [0.5, 0.6) is 17.5 Å². The van der Waals surface area contributed by atoms with Crippen molar-refractivity contribution in [2.75, 3.05) is 62.4 Å². The number of aromatic amines is 1. The number of nitrogens with one attached hydrogen (secondary N) is 5. The van der Waals surface area contributed by atoms with Gasteiger partial charge in [-0.05, 0) is 72.9 Å². The molecule has 0 fully saturated rings. The number of benzene rings is 3. The number of hydrogen-bond donors (Lipinski definition) is 7. The summed E-state index contributed by atoms with van der Waals surface area (Å²) in [5.74, 6) is -4.50. The van der Waals surface area contributed by atoms with E-state index in [0.29, 0.717) is 40.4 Å². The van der Waals surface area contributed by atoms with Crippen LogP contribution in [0.1, 0.15) is 12.0 Å². The monoisotopic (exact) mass is 1250 g/mol. The first kappa shape index (κ1) is 75.0. The summed E-state index contributed by atoms with van der Waals surface area (Å²) in [4.78, 5) is 65.4. The van der Waals surface area contributed by atoms with E-state index >= 15 is 0 Å². The maximum Gasteiger partial charge on any atom is 1.00 e. The quantitative estimate of drug-likeness (QED) is 0.0312. The van der Waals surface area contributed by atoms with Gasteiger partial charge >= 0.3 is 29.6 Å². The molecule has 0 aliphatic heterocycles. The largest absolute Gasteiger partial charge is 1.00 e. The fourth-order valence-corrected chi connectivity index (χ4v) is 7.97. The topological polar surface area (TPSA) is 397 Å². The molecular weight excluding hydrogens is 1190 g/mol. The minimum atomic E-state index is -3.63. The Hall–Kier alpha value is -6.06. The molecule has 0 saturated carbocycles. The summed E-state index contributed by atoms with van der Waals surface area (Å²) in [5, 5.41) is 39.8. The summed E-state index contributed by atoms with van der Waals surface area (Å²) in [7, 11) is -14.4. The van der Waals surface area contributed by atoms with Crippen molar-refractivity contribution in [3.05, 3.63) is 153 Å². The molecule has 7 N–H and O–H groups in total. The molecule has 3 aromatic carbocycles. The Bertz CT molecular complexity index is 3080. The summed E-state index contributed by atoms with van der Waals surface area (Å²) >= 11 is 11.8. The number of aliphatic hydroxyl groups excluding tert-OH is 1. The van der Waals surface area contributed by atoms with Crippen molar-refractivity contribution < 1.29 is 102 Å². The van der Waals surface area contributed by atoms with Crippen molar-refractivity contribution in [3.63, 3.8) is 0 Å². The van der Waals surface area contributed by atoms with E-state index in [1.165, 1.54) is 17.1 Å². The van der Waals surface area contributed by atoms with E-state index in [9.17, 15) is 62.8 Å². The zero-order valence-electron chi connectivity index (χ0n) is 42.6. The van der Waals surface area contributed by atoms with Gasteiger partial charge in [-0.2, -0.15) is 4.98 Å². The minimum absolute atomic E-state index is 0. The minimum Gasteiger partial charge on any atom is -0.844 e. The second kappa shape index (κ2) is 40.2. The van der Waals surface area contributed by atoms with Gasteiger partial charge in [-0.15, -0.1) is 0 Å². The first-order valence-electron chi connectivity index (χ1n) is 21.8. The summed E-state index contributed by atoms with van der Waals surface area (Å²) in [5.41, 5.74) is 1.18. The normalized spacial score (nSPS) is 10.4. The van der Waals surface area contributed by atoms with Crippen molar-refractivity contribution in [1.29, 1.82) is 0 Å². The molecule has 4 amide bonds. The average molecular weight is 1250 g/mol. The maximum atomic E-state index is 11.2. The van der Waals surface area contributed by atoms with Crippen LogP contribution >= 0.6 is 34.7 Å². The number of aliphatic hydroxyl groups is 1. The molecule has 2 heterocycles. The van der Waals surface area contributed by atoms with Gasteiger partial charge in [-0.25, -0.2) is 43.6 Å². The van der Waals surface area contributed by atoms with E-state index in [4.69, 9.17) is 38.2 Å². The molecule has 5 rings (SSSR count). The Morgan fingerprint density at radius 1 is 0.633 bits per heavy atom. The van der Waals surface area contributed by atoms with Gasteiger partial charge in [0.15, 0.2) is 39.3 Å². The molecule has 0 radical (unpaired) electrons. The Morgan fingerprint density at radius 2 is 1.01 bits per heavy atom. The number of aromatic hydroxyl groups is 1. The van der Waals surface area contributed by atoms with E-state index in [1.807, 2.05) is 73.7 Å².